The van der Waals surface area contributed by atoms with Gasteiger partial charge in [-0.25, -0.2) is 4.79 Å². The molecule has 0 saturated carbocycles. The Kier molecular flexibility index (Phi) is 3.18. The van der Waals surface area contributed by atoms with Crippen LogP contribution in [0.25, 0.3) is 0 Å². The summed E-state index contributed by atoms with van der Waals surface area (Å²) in [6.07, 6.45) is -0.523. The van der Waals surface area contributed by atoms with Gasteiger partial charge in [-0.3, -0.25) is 4.90 Å². The second kappa shape index (κ2) is 4.62. The number of hydrogen-bond acceptors (Lipinski definition) is 4. The second-order valence-corrected chi connectivity index (χ2v) is 3.97. The Morgan fingerprint density at radius 2 is 2.41 bits per heavy atom. The van der Waals surface area contributed by atoms with E-state index in [0.717, 1.165) is 0 Å². The number of halogens is 1. The molecule has 1 fully saturated rings. The van der Waals surface area contributed by atoms with E-state index in [-0.39, 0.29) is 18.2 Å². The lowest BCUT2D eigenvalue weighted by Crippen LogP contribution is -2.36. The molecule has 1 aliphatic rings. The summed E-state index contributed by atoms with van der Waals surface area (Å²) in [4.78, 5) is 12.8. The Hall–Kier alpha value is -1.77. The lowest BCUT2D eigenvalue weighted by Gasteiger charge is -2.19. The smallest absolute Gasteiger partial charge is 0.414 e. The molecule has 1 aliphatic heterocycles. The number of aliphatic hydroxyl groups is 1. The first-order valence-corrected chi connectivity index (χ1v) is 5.31. The van der Waals surface area contributed by atoms with Gasteiger partial charge < -0.3 is 9.84 Å². The fraction of sp³-hybridized carbons (Fsp3) is 0.273. The molecule has 6 heteroatoms. The van der Waals surface area contributed by atoms with Crippen LogP contribution in [0.4, 0.5) is 10.5 Å². The van der Waals surface area contributed by atoms with Gasteiger partial charge in [0.15, 0.2) is 0 Å². The third-order valence-corrected chi connectivity index (χ3v) is 2.84. The van der Waals surface area contributed by atoms with Crippen molar-refractivity contribution in [3.05, 3.63) is 28.8 Å². The lowest BCUT2D eigenvalue weighted by atomic mass is 10.2. The molecule has 1 amide bonds. The van der Waals surface area contributed by atoms with Crippen molar-refractivity contribution < 1.29 is 14.6 Å². The van der Waals surface area contributed by atoms with Gasteiger partial charge >= 0.3 is 6.09 Å². The predicted octanol–water partition coefficient (Wildman–Crippen LogP) is 1.53. The second-order valence-electron chi connectivity index (χ2n) is 3.56. The summed E-state index contributed by atoms with van der Waals surface area (Å²) in [5.74, 6) is 0. The maximum Gasteiger partial charge on any atom is 0.414 e. The number of rotatable bonds is 2. The van der Waals surface area contributed by atoms with Crippen molar-refractivity contribution >= 4 is 23.4 Å². The van der Waals surface area contributed by atoms with E-state index in [2.05, 4.69) is 0 Å². The van der Waals surface area contributed by atoms with Gasteiger partial charge in [-0.05, 0) is 18.2 Å². The van der Waals surface area contributed by atoms with Crippen LogP contribution in [0.5, 0.6) is 0 Å². The number of ether oxygens (including phenoxy) is 1. The van der Waals surface area contributed by atoms with Crippen LogP contribution in [0.15, 0.2) is 18.2 Å². The quantitative estimate of drug-likeness (QED) is 0.866. The molecular weight excluding hydrogens is 244 g/mol. The highest BCUT2D eigenvalue weighted by Gasteiger charge is 2.33. The number of nitriles is 1. The summed E-state index contributed by atoms with van der Waals surface area (Å²) >= 11 is 5.88. The molecule has 5 nitrogen and oxygen atoms in total. The molecule has 1 aromatic rings. The summed E-state index contributed by atoms with van der Waals surface area (Å²) in [6, 6.07) is 6.15. The van der Waals surface area contributed by atoms with Crippen molar-refractivity contribution in [3.8, 4) is 6.07 Å². The van der Waals surface area contributed by atoms with Gasteiger partial charge in [0, 0.05) is 5.69 Å². The average Bonchev–Trinajstić information content (AvgIpc) is 2.70. The largest absolute Gasteiger partial charge is 0.447 e. The molecule has 1 N–H and O–H groups in total. The van der Waals surface area contributed by atoms with Gasteiger partial charge in [-0.15, -0.1) is 0 Å². The Bertz CT molecular complexity index is 498. The van der Waals surface area contributed by atoms with Crippen molar-refractivity contribution in [2.24, 2.45) is 0 Å². The van der Waals surface area contributed by atoms with E-state index < -0.39 is 12.1 Å². The zero-order valence-electron chi connectivity index (χ0n) is 8.76. The number of carbonyl (C=O) groups is 1. The first-order valence-electron chi connectivity index (χ1n) is 4.94. The van der Waals surface area contributed by atoms with Crippen molar-refractivity contribution in [2.75, 3.05) is 18.1 Å². The highest BCUT2D eigenvalue weighted by Crippen LogP contribution is 2.27. The molecule has 1 aromatic carbocycles. The molecule has 0 spiro atoms. The molecule has 0 aromatic heterocycles. The Morgan fingerprint density at radius 1 is 1.65 bits per heavy atom. The zero-order chi connectivity index (χ0) is 12.4. The minimum Gasteiger partial charge on any atom is -0.447 e. The molecule has 88 valence electrons. The fourth-order valence-electron chi connectivity index (χ4n) is 1.66. The molecule has 1 heterocycles. The molecule has 1 saturated heterocycles. The van der Waals surface area contributed by atoms with Crippen molar-refractivity contribution in [3.63, 3.8) is 0 Å². The standard InChI is InChI=1S/C11H9ClN2O3/c12-10-3-8(2-1-7(10)4-13)14-9(5-15)6-17-11(14)16/h1-3,9,15H,5-6H2. The number of amides is 1. The van der Waals surface area contributed by atoms with Crippen LogP contribution in [-0.4, -0.2) is 30.5 Å². The Morgan fingerprint density at radius 3 is 3.00 bits per heavy atom. The highest BCUT2D eigenvalue weighted by atomic mass is 35.5. The zero-order valence-corrected chi connectivity index (χ0v) is 9.52. The number of aliphatic hydroxyl groups excluding tert-OH is 1. The minimum atomic E-state index is -0.523. The normalized spacial score (nSPS) is 19.0. The van der Waals surface area contributed by atoms with Gasteiger partial charge in [-0.1, -0.05) is 11.6 Å². The van der Waals surface area contributed by atoms with E-state index in [4.69, 9.17) is 26.7 Å². The summed E-state index contributed by atoms with van der Waals surface area (Å²) in [5, 5.41) is 18.1. The van der Waals surface area contributed by atoms with Crippen LogP contribution in [0.2, 0.25) is 5.02 Å². The molecule has 17 heavy (non-hydrogen) atoms. The van der Waals surface area contributed by atoms with Crippen molar-refractivity contribution in [2.45, 2.75) is 6.04 Å². The van der Waals surface area contributed by atoms with E-state index in [9.17, 15) is 4.79 Å². The van der Waals surface area contributed by atoms with Gasteiger partial charge in [0.05, 0.1) is 23.2 Å². The van der Waals surface area contributed by atoms with Crippen molar-refractivity contribution in [1.82, 2.24) is 0 Å². The van der Waals surface area contributed by atoms with E-state index in [1.54, 1.807) is 6.07 Å². The third kappa shape index (κ3) is 2.05. The van der Waals surface area contributed by atoms with E-state index in [0.29, 0.717) is 11.3 Å². The summed E-state index contributed by atoms with van der Waals surface area (Å²) in [6.45, 7) is -0.0453. The van der Waals surface area contributed by atoms with E-state index in [1.165, 1.54) is 17.0 Å². The number of cyclic esters (lactones) is 1. The maximum atomic E-state index is 11.5. The predicted molar refractivity (Wildman–Crippen MR) is 60.9 cm³/mol. The van der Waals surface area contributed by atoms with Crippen LogP contribution in [-0.2, 0) is 4.74 Å². The fourth-order valence-corrected chi connectivity index (χ4v) is 1.87. The molecule has 1 atom stereocenters. The topological polar surface area (TPSA) is 73.6 Å². The number of benzene rings is 1. The van der Waals surface area contributed by atoms with E-state index in [1.807, 2.05) is 6.07 Å². The molecule has 0 aliphatic carbocycles. The van der Waals surface area contributed by atoms with Crippen LogP contribution >= 0.6 is 11.6 Å². The third-order valence-electron chi connectivity index (χ3n) is 2.52. The van der Waals surface area contributed by atoms with Gasteiger partial charge in [0.1, 0.15) is 12.7 Å². The molecule has 1 unspecified atom stereocenters. The average molecular weight is 253 g/mol. The van der Waals surface area contributed by atoms with Crippen LogP contribution in [0.3, 0.4) is 0 Å². The first kappa shape index (κ1) is 11.7. The summed E-state index contributed by atoms with van der Waals surface area (Å²) < 4.78 is 4.84. The van der Waals surface area contributed by atoms with Crippen LogP contribution < -0.4 is 4.90 Å². The minimum absolute atomic E-state index is 0.146. The monoisotopic (exact) mass is 252 g/mol. The van der Waals surface area contributed by atoms with Crippen LogP contribution in [0, 0.1) is 11.3 Å². The van der Waals surface area contributed by atoms with Crippen molar-refractivity contribution in [1.29, 1.82) is 5.26 Å². The van der Waals surface area contributed by atoms with E-state index >= 15 is 0 Å². The first-order chi connectivity index (χ1) is 8.17. The molecular formula is C11H9ClN2O3. The van der Waals surface area contributed by atoms with Crippen LogP contribution in [0.1, 0.15) is 5.56 Å². The molecule has 2 rings (SSSR count). The molecule has 0 radical (unpaired) electrons. The Balaban J connectivity index is 2.37. The van der Waals surface area contributed by atoms with Gasteiger partial charge in [-0.2, -0.15) is 5.26 Å². The number of anilines is 1. The number of hydrogen-bond donors (Lipinski definition) is 1. The highest BCUT2D eigenvalue weighted by molar-refractivity contribution is 6.32. The van der Waals surface area contributed by atoms with Gasteiger partial charge in [0.2, 0.25) is 0 Å². The number of nitrogens with zero attached hydrogens (tertiary/aromatic N) is 2. The summed E-state index contributed by atoms with van der Waals surface area (Å²) in [7, 11) is 0. The Labute approximate surface area is 103 Å². The molecule has 0 bridgehead atoms. The lowest BCUT2D eigenvalue weighted by molar-refractivity contribution is 0.174. The maximum absolute atomic E-state index is 11.5. The summed E-state index contributed by atoms with van der Waals surface area (Å²) in [5.41, 5.74) is 0.846. The van der Waals surface area contributed by atoms with Gasteiger partial charge in [0.25, 0.3) is 0 Å². The SMILES string of the molecule is N#Cc1ccc(N2C(=O)OCC2CO)cc1Cl. The number of carbonyl (C=O) groups excluding carboxylic acids is 1.